The summed E-state index contributed by atoms with van der Waals surface area (Å²) >= 11 is 30.1. The average Bonchev–Trinajstić information content (AvgIpc) is 2.43. The first-order chi connectivity index (χ1) is 9.36. The van der Waals surface area contributed by atoms with Crippen molar-refractivity contribution in [2.45, 2.75) is 0 Å². The molecule has 0 saturated carbocycles. The van der Waals surface area contributed by atoms with Crippen molar-refractivity contribution in [1.82, 2.24) is 0 Å². The quantitative estimate of drug-likeness (QED) is 0.496. The molecule has 2 rings (SSSR count). The lowest BCUT2D eigenvalue weighted by atomic mass is 9.99. The van der Waals surface area contributed by atoms with Gasteiger partial charge in [0, 0.05) is 5.56 Å². The summed E-state index contributed by atoms with van der Waals surface area (Å²) in [5.74, 6) is -1.12. The van der Waals surface area contributed by atoms with E-state index >= 15 is 0 Å². The van der Waals surface area contributed by atoms with E-state index in [0.29, 0.717) is 5.56 Å². The molecule has 2 nitrogen and oxygen atoms in total. The molecule has 0 aliphatic carbocycles. The SMILES string of the molecule is O=C(O)c1ccccc1-c1c(Cl)c(Cl)c(Cl)c(Cl)c1Cl. The van der Waals surface area contributed by atoms with E-state index in [1.165, 1.54) is 6.07 Å². The van der Waals surface area contributed by atoms with Crippen LogP contribution < -0.4 is 0 Å². The molecule has 1 N–H and O–H groups in total. The molecule has 104 valence electrons. The van der Waals surface area contributed by atoms with Gasteiger partial charge in [-0.15, -0.1) is 0 Å². The molecule has 2 aromatic rings. The number of hydrogen-bond acceptors (Lipinski definition) is 1. The predicted octanol–water partition coefficient (Wildman–Crippen LogP) is 6.32. The van der Waals surface area contributed by atoms with Gasteiger partial charge in [-0.05, 0) is 11.6 Å². The lowest BCUT2D eigenvalue weighted by molar-refractivity contribution is 0.0698. The average molecular weight is 370 g/mol. The largest absolute Gasteiger partial charge is 0.478 e. The van der Waals surface area contributed by atoms with Crippen LogP contribution in [0.5, 0.6) is 0 Å². The monoisotopic (exact) mass is 368 g/mol. The van der Waals surface area contributed by atoms with Crippen molar-refractivity contribution in [3.05, 3.63) is 54.9 Å². The van der Waals surface area contributed by atoms with Crippen LogP contribution in [0.15, 0.2) is 24.3 Å². The Hall–Kier alpha value is -0.640. The minimum absolute atomic E-state index is 0.0259. The maximum atomic E-state index is 11.3. The van der Waals surface area contributed by atoms with Gasteiger partial charge in [-0.3, -0.25) is 0 Å². The van der Waals surface area contributed by atoms with Crippen molar-refractivity contribution in [2.24, 2.45) is 0 Å². The minimum Gasteiger partial charge on any atom is -0.478 e. The maximum absolute atomic E-state index is 11.3. The molecule has 0 unspecified atom stereocenters. The third kappa shape index (κ3) is 2.59. The van der Waals surface area contributed by atoms with Gasteiger partial charge in [0.25, 0.3) is 0 Å². The Bertz CT molecular complexity index is 683. The van der Waals surface area contributed by atoms with Gasteiger partial charge in [-0.25, -0.2) is 4.79 Å². The zero-order chi connectivity index (χ0) is 15.0. The zero-order valence-electron chi connectivity index (χ0n) is 9.55. The molecule has 0 bridgehead atoms. The molecule has 0 aliphatic rings. The van der Waals surface area contributed by atoms with Crippen LogP contribution in [0.3, 0.4) is 0 Å². The first-order valence-electron chi connectivity index (χ1n) is 5.20. The second-order valence-corrected chi connectivity index (χ2v) is 5.69. The van der Waals surface area contributed by atoms with Gasteiger partial charge >= 0.3 is 5.97 Å². The molecule has 20 heavy (non-hydrogen) atoms. The van der Waals surface area contributed by atoms with Gasteiger partial charge in [-0.2, -0.15) is 0 Å². The summed E-state index contributed by atoms with van der Waals surface area (Å²) in [4.78, 5) is 11.3. The van der Waals surface area contributed by atoms with E-state index < -0.39 is 5.97 Å². The van der Waals surface area contributed by atoms with E-state index in [1.54, 1.807) is 18.2 Å². The van der Waals surface area contributed by atoms with Crippen LogP contribution in [-0.4, -0.2) is 11.1 Å². The number of carbonyl (C=O) groups is 1. The van der Waals surface area contributed by atoms with Crippen LogP contribution in [0.2, 0.25) is 25.1 Å². The molecule has 7 heteroatoms. The summed E-state index contributed by atoms with van der Waals surface area (Å²) in [5.41, 5.74) is 0.590. The number of rotatable bonds is 2. The molecule has 0 aromatic heterocycles. The standard InChI is InChI=1S/C13H5Cl5O2/c14-8-7(9(15)11(17)12(18)10(8)16)5-3-1-2-4-6(5)13(19)20/h1-4H,(H,19,20). The van der Waals surface area contributed by atoms with Crippen LogP contribution in [0.1, 0.15) is 10.4 Å². The molecular formula is C13H5Cl5O2. The fourth-order valence-corrected chi connectivity index (χ4v) is 3.07. The molecule has 0 atom stereocenters. The molecule has 0 radical (unpaired) electrons. The number of hydrogen-bond donors (Lipinski definition) is 1. The zero-order valence-corrected chi connectivity index (χ0v) is 13.3. The molecular weight excluding hydrogens is 365 g/mol. The second kappa shape index (κ2) is 6.00. The van der Waals surface area contributed by atoms with Crippen molar-refractivity contribution in [3.8, 4) is 11.1 Å². The van der Waals surface area contributed by atoms with Crippen molar-refractivity contribution in [3.63, 3.8) is 0 Å². The topological polar surface area (TPSA) is 37.3 Å². The number of aromatic carboxylic acids is 1. The van der Waals surface area contributed by atoms with E-state index in [9.17, 15) is 9.90 Å². The lowest BCUT2D eigenvalue weighted by Crippen LogP contribution is -2.00. The maximum Gasteiger partial charge on any atom is 0.336 e. The lowest BCUT2D eigenvalue weighted by Gasteiger charge is -2.14. The molecule has 0 heterocycles. The Morgan fingerprint density at radius 2 is 1.25 bits per heavy atom. The highest BCUT2D eigenvalue weighted by Gasteiger charge is 2.23. The smallest absolute Gasteiger partial charge is 0.336 e. The van der Waals surface area contributed by atoms with Crippen LogP contribution in [0, 0.1) is 0 Å². The highest BCUT2D eigenvalue weighted by molar-refractivity contribution is 6.56. The summed E-state index contributed by atoms with van der Waals surface area (Å²) in [5, 5.41) is 9.41. The molecule has 0 saturated heterocycles. The number of benzene rings is 2. The van der Waals surface area contributed by atoms with Gasteiger partial charge in [0.05, 0.1) is 30.7 Å². The third-order valence-corrected chi connectivity index (χ3v) is 4.91. The first kappa shape index (κ1) is 15.7. The van der Waals surface area contributed by atoms with Crippen LogP contribution in [-0.2, 0) is 0 Å². The van der Waals surface area contributed by atoms with Gasteiger partial charge in [-0.1, -0.05) is 76.2 Å². The Kier molecular flexibility index (Phi) is 4.73. The Morgan fingerprint density at radius 3 is 1.75 bits per heavy atom. The Morgan fingerprint density at radius 1 is 0.800 bits per heavy atom. The van der Waals surface area contributed by atoms with Crippen molar-refractivity contribution in [2.75, 3.05) is 0 Å². The molecule has 0 aliphatic heterocycles. The predicted molar refractivity (Wildman–Crippen MR) is 83.9 cm³/mol. The number of halogens is 5. The minimum atomic E-state index is -1.12. The highest BCUT2D eigenvalue weighted by Crippen LogP contribution is 2.48. The summed E-state index contributed by atoms with van der Waals surface area (Å²) in [7, 11) is 0. The van der Waals surface area contributed by atoms with Gasteiger partial charge in [0.15, 0.2) is 0 Å². The first-order valence-corrected chi connectivity index (χ1v) is 7.09. The van der Waals surface area contributed by atoms with Crippen LogP contribution in [0.25, 0.3) is 11.1 Å². The fourth-order valence-electron chi connectivity index (χ4n) is 1.73. The molecule has 0 amide bonds. The van der Waals surface area contributed by atoms with Gasteiger partial charge in [0.2, 0.25) is 0 Å². The number of carboxylic acid groups (broad SMARTS) is 1. The van der Waals surface area contributed by atoms with Crippen molar-refractivity contribution in [1.29, 1.82) is 0 Å². The normalized spacial score (nSPS) is 10.7. The van der Waals surface area contributed by atoms with E-state index in [0.717, 1.165) is 0 Å². The summed E-state index contributed by atoms with van der Waals surface area (Å²) in [6.07, 6.45) is 0. The highest BCUT2D eigenvalue weighted by atomic mass is 35.5. The van der Waals surface area contributed by atoms with Crippen molar-refractivity contribution < 1.29 is 9.90 Å². The number of carboxylic acids is 1. The molecule has 0 fully saturated rings. The summed E-state index contributed by atoms with van der Waals surface area (Å²) in [6, 6.07) is 6.25. The molecule has 0 spiro atoms. The Balaban J connectivity index is 2.88. The van der Waals surface area contributed by atoms with Crippen LogP contribution in [0.4, 0.5) is 0 Å². The van der Waals surface area contributed by atoms with E-state index in [2.05, 4.69) is 0 Å². The van der Waals surface area contributed by atoms with E-state index in [-0.39, 0.29) is 36.2 Å². The Labute approximate surface area is 139 Å². The van der Waals surface area contributed by atoms with Gasteiger partial charge in [0.1, 0.15) is 0 Å². The van der Waals surface area contributed by atoms with Gasteiger partial charge < -0.3 is 5.11 Å². The summed E-state index contributed by atoms with van der Waals surface area (Å²) in [6.45, 7) is 0. The fraction of sp³-hybridized carbons (Fsp3) is 0. The second-order valence-electron chi connectivity index (χ2n) is 3.80. The third-order valence-electron chi connectivity index (χ3n) is 2.64. The molecule has 2 aromatic carbocycles. The van der Waals surface area contributed by atoms with E-state index in [4.69, 9.17) is 58.0 Å². The van der Waals surface area contributed by atoms with E-state index in [1.807, 2.05) is 0 Å². The summed E-state index contributed by atoms with van der Waals surface area (Å²) < 4.78 is 0. The van der Waals surface area contributed by atoms with Crippen molar-refractivity contribution >= 4 is 64.0 Å². The van der Waals surface area contributed by atoms with Crippen LogP contribution >= 0.6 is 58.0 Å².